The number of carboxylic acids is 1. The molecule has 2 N–H and O–H groups in total. The lowest BCUT2D eigenvalue weighted by Crippen LogP contribution is -1.97. The number of nitrogens with one attached hydrogen (secondary N) is 1. The average molecular weight is 250 g/mol. The van der Waals surface area contributed by atoms with Crippen LogP contribution in [0.15, 0.2) is 36.7 Å². The van der Waals surface area contributed by atoms with Gasteiger partial charge >= 0.3 is 5.97 Å². The van der Waals surface area contributed by atoms with Gasteiger partial charge in [-0.2, -0.15) is 0 Å². The van der Waals surface area contributed by atoms with Gasteiger partial charge in [0.2, 0.25) is 0 Å². The summed E-state index contributed by atoms with van der Waals surface area (Å²) >= 11 is 5.71. The standard InChI is InChI=1S/C11H8ClN3O2/c12-9-5-10(14-6-13-9)15-8-3-1-7(2-4-8)11(16)17/h1-6H,(H,16,17)(H,13,14,15). The molecule has 0 aliphatic heterocycles. The third-order valence-corrected chi connectivity index (χ3v) is 2.24. The highest BCUT2D eigenvalue weighted by Crippen LogP contribution is 2.16. The summed E-state index contributed by atoms with van der Waals surface area (Å²) in [6.07, 6.45) is 1.34. The van der Waals surface area contributed by atoms with E-state index in [1.165, 1.54) is 18.5 Å². The predicted molar refractivity (Wildman–Crippen MR) is 63.7 cm³/mol. The van der Waals surface area contributed by atoms with Crippen LogP contribution >= 0.6 is 11.6 Å². The Balaban J connectivity index is 2.16. The zero-order valence-electron chi connectivity index (χ0n) is 8.59. The van der Waals surface area contributed by atoms with Crippen molar-refractivity contribution in [3.8, 4) is 0 Å². The Morgan fingerprint density at radius 1 is 1.24 bits per heavy atom. The lowest BCUT2D eigenvalue weighted by Gasteiger charge is -2.05. The molecule has 0 saturated carbocycles. The smallest absolute Gasteiger partial charge is 0.335 e. The predicted octanol–water partition coefficient (Wildman–Crippen LogP) is 2.57. The van der Waals surface area contributed by atoms with Gasteiger partial charge in [0, 0.05) is 11.8 Å². The van der Waals surface area contributed by atoms with Gasteiger partial charge < -0.3 is 10.4 Å². The Hall–Kier alpha value is -2.14. The van der Waals surface area contributed by atoms with E-state index in [-0.39, 0.29) is 5.56 Å². The van der Waals surface area contributed by atoms with Gasteiger partial charge in [-0.25, -0.2) is 14.8 Å². The number of rotatable bonds is 3. The normalized spacial score (nSPS) is 9.94. The summed E-state index contributed by atoms with van der Waals surface area (Å²) < 4.78 is 0. The van der Waals surface area contributed by atoms with E-state index in [9.17, 15) is 4.79 Å². The van der Waals surface area contributed by atoms with Crippen LogP contribution in [0, 0.1) is 0 Å². The number of carboxylic acid groups (broad SMARTS) is 1. The van der Waals surface area contributed by atoms with Gasteiger partial charge in [-0.05, 0) is 24.3 Å². The van der Waals surface area contributed by atoms with E-state index in [2.05, 4.69) is 15.3 Å². The van der Waals surface area contributed by atoms with Gasteiger partial charge in [0.05, 0.1) is 5.56 Å². The minimum absolute atomic E-state index is 0.233. The topological polar surface area (TPSA) is 75.1 Å². The molecule has 0 atom stereocenters. The molecule has 0 fully saturated rings. The van der Waals surface area contributed by atoms with Crippen molar-refractivity contribution < 1.29 is 9.90 Å². The molecule has 0 amide bonds. The van der Waals surface area contributed by atoms with E-state index < -0.39 is 5.97 Å². The Morgan fingerprint density at radius 3 is 2.53 bits per heavy atom. The number of hydrogen-bond acceptors (Lipinski definition) is 4. The van der Waals surface area contributed by atoms with Gasteiger partial charge in [0.1, 0.15) is 17.3 Å². The van der Waals surface area contributed by atoms with Gasteiger partial charge in [-0.3, -0.25) is 0 Å². The first kappa shape index (κ1) is 11.3. The van der Waals surface area contributed by atoms with Crippen LogP contribution in [0.5, 0.6) is 0 Å². The van der Waals surface area contributed by atoms with Crippen LogP contribution in [-0.4, -0.2) is 21.0 Å². The minimum Gasteiger partial charge on any atom is -0.478 e. The Labute approximate surface area is 102 Å². The minimum atomic E-state index is -0.957. The molecule has 86 valence electrons. The molecule has 17 heavy (non-hydrogen) atoms. The maximum Gasteiger partial charge on any atom is 0.335 e. The molecule has 0 aliphatic rings. The first-order valence-corrected chi connectivity index (χ1v) is 5.11. The largest absolute Gasteiger partial charge is 0.478 e. The molecule has 0 aliphatic carbocycles. The molecule has 2 rings (SSSR count). The van der Waals surface area contributed by atoms with Crippen molar-refractivity contribution in [2.75, 3.05) is 5.32 Å². The summed E-state index contributed by atoms with van der Waals surface area (Å²) in [5.41, 5.74) is 0.959. The maximum absolute atomic E-state index is 10.7. The van der Waals surface area contributed by atoms with Gasteiger partial charge in [-0.1, -0.05) is 11.6 Å². The number of halogens is 1. The number of benzene rings is 1. The summed E-state index contributed by atoms with van der Waals surface area (Å²) in [6, 6.07) is 7.90. The van der Waals surface area contributed by atoms with Crippen molar-refractivity contribution in [3.05, 3.63) is 47.4 Å². The summed E-state index contributed by atoms with van der Waals surface area (Å²) in [7, 11) is 0. The summed E-state index contributed by atoms with van der Waals surface area (Å²) in [5.74, 6) is -0.408. The lowest BCUT2D eigenvalue weighted by molar-refractivity contribution is 0.0697. The second-order valence-corrected chi connectivity index (χ2v) is 3.62. The van der Waals surface area contributed by atoms with Crippen LogP contribution in [0.3, 0.4) is 0 Å². The molecule has 1 aromatic carbocycles. The molecule has 0 bridgehead atoms. The molecular formula is C11H8ClN3O2. The number of carbonyl (C=O) groups is 1. The third-order valence-electron chi connectivity index (χ3n) is 2.04. The van der Waals surface area contributed by atoms with Crippen molar-refractivity contribution in [2.45, 2.75) is 0 Å². The van der Waals surface area contributed by atoms with Crippen LogP contribution in [0.25, 0.3) is 0 Å². The monoisotopic (exact) mass is 249 g/mol. The molecule has 0 saturated heterocycles. The zero-order valence-corrected chi connectivity index (χ0v) is 9.35. The first-order valence-electron chi connectivity index (χ1n) is 4.73. The van der Waals surface area contributed by atoms with Crippen LogP contribution in [0.1, 0.15) is 10.4 Å². The van der Waals surface area contributed by atoms with Crippen molar-refractivity contribution in [3.63, 3.8) is 0 Å². The van der Waals surface area contributed by atoms with Crippen molar-refractivity contribution in [2.24, 2.45) is 0 Å². The zero-order chi connectivity index (χ0) is 12.3. The van der Waals surface area contributed by atoms with Crippen molar-refractivity contribution in [1.29, 1.82) is 0 Å². The Morgan fingerprint density at radius 2 is 1.94 bits per heavy atom. The van der Waals surface area contributed by atoms with Crippen LogP contribution in [0.4, 0.5) is 11.5 Å². The number of aromatic carboxylic acids is 1. The SMILES string of the molecule is O=C(O)c1ccc(Nc2cc(Cl)ncn2)cc1. The molecule has 6 heteroatoms. The second-order valence-electron chi connectivity index (χ2n) is 3.23. The van der Waals surface area contributed by atoms with Crippen molar-refractivity contribution >= 4 is 29.1 Å². The molecule has 0 radical (unpaired) electrons. The van der Waals surface area contributed by atoms with Gasteiger partial charge in [0.15, 0.2) is 0 Å². The van der Waals surface area contributed by atoms with Crippen LogP contribution < -0.4 is 5.32 Å². The first-order chi connectivity index (χ1) is 8.15. The third kappa shape index (κ3) is 2.92. The number of nitrogens with zero attached hydrogens (tertiary/aromatic N) is 2. The summed E-state index contributed by atoms with van der Waals surface area (Å²) in [5, 5.41) is 12.1. The van der Waals surface area contributed by atoms with Gasteiger partial charge in [0.25, 0.3) is 0 Å². The Kier molecular flexibility index (Phi) is 3.20. The molecule has 0 unspecified atom stereocenters. The van der Waals surface area contributed by atoms with E-state index in [1.54, 1.807) is 18.2 Å². The number of aromatic nitrogens is 2. The fraction of sp³-hybridized carbons (Fsp3) is 0. The maximum atomic E-state index is 10.7. The molecule has 0 spiro atoms. The second kappa shape index (κ2) is 4.80. The molecule has 1 heterocycles. The lowest BCUT2D eigenvalue weighted by atomic mass is 10.2. The average Bonchev–Trinajstić information content (AvgIpc) is 2.29. The summed E-state index contributed by atoms with van der Waals surface area (Å²) in [6.45, 7) is 0. The van der Waals surface area contributed by atoms with Crippen LogP contribution in [0.2, 0.25) is 5.15 Å². The molecule has 1 aromatic heterocycles. The van der Waals surface area contributed by atoms with Crippen LogP contribution in [-0.2, 0) is 0 Å². The van der Waals surface area contributed by atoms with E-state index in [4.69, 9.17) is 16.7 Å². The molecule has 5 nitrogen and oxygen atoms in total. The number of anilines is 2. The Bertz CT molecular complexity index is 543. The fourth-order valence-corrected chi connectivity index (χ4v) is 1.39. The molecule has 2 aromatic rings. The molecular weight excluding hydrogens is 242 g/mol. The summed E-state index contributed by atoms with van der Waals surface area (Å²) in [4.78, 5) is 18.4. The van der Waals surface area contributed by atoms with E-state index >= 15 is 0 Å². The van der Waals surface area contributed by atoms with E-state index in [0.717, 1.165) is 5.69 Å². The van der Waals surface area contributed by atoms with E-state index in [0.29, 0.717) is 11.0 Å². The highest BCUT2D eigenvalue weighted by atomic mass is 35.5. The van der Waals surface area contributed by atoms with E-state index in [1.807, 2.05) is 0 Å². The highest BCUT2D eigenvalue weighted by molar-refractivity contribution is 6.29. The highest BCUT2D eigenvalue weighted by Gasteiger charge is 2.02. The fourth-order valence-electron chi connectivity index (χ4n) is 1.25. The van der Waals surface area contributed by atoms with Gasteiger partial charge in [-0.15, -0.1) is 0 Å². The quantitative estimate of drug-likeness (QED) is 0.818. The number of hydrogen-bond donors (Lipinski definition) is 2. The van der Waals surface area contributed by atoms with Crippen molar-refractivity contribution in [1.82, 2.24) is 9.97 Å².